The molecule has 29 heavy (non-hydrogen) atoms. The SMILES string of the molecule is CSc1nnc2c(n1)OC(C(C)=Cc1ccccc1)N(C(C)=O)c1ccccc1-2. The molecule has 1 aliphatic rings. The van der Waals surface area contributed by atoms with Crippen molar-refractivity contribution >= 4 is 29.4 Å². The van der Waals surface area contributed by atoms with Crippen LogP contribution in [-0.2, 0) is 4.79 Å². The van der Waals surface area contributed by atoms with Gasteiger partial charge in [-0.05, 0) is 30.4 Å². The van der Waals surface area contributed by atoms with Crippen LogP contribution in [0.5, 0.6) is 5.88 Å². The fraction of sp³-hybridized carbons (Fsp3) is 0.182. The van der Waals surface area contributed by atoms with Crippen LogP contribution in [0.3, 0.4) is 0 Å². The van der Waals surface area contributed by atoms with Gasteiger partial charge in [-0.15, -0.1) is 10.2 Å². The molecule has 4 rings (SSSR count). The zero-order valence-electron chi connectivity index (χ0n) is 16.4. The predicted molar refractivity (Wildman–Crippen MR) is 115 cm³/mol. The molecule has 0 saturated carbocycles. The van der Waals surface area contributed by atoms with E-state index in [9.17, 15) is 4.79 Å². The molecule has 0 spiro atoms. The third-order valence-electron chi connectivity index (χ3n) is 4.62. The first-order valence-corrected chi connectivity index (χ1v) is 10.4. The van der Waals surface area contributed by atoms with Crippen LogP contribution in [-0.4, -0.2) is 33.6 Å². The molecule has 0 radical (unpaired) electrons. The summed E-state index contributed by atoms with van der Waals surface area (Å²) in [6.45, 7) is 3.48. The first-order chi connectivity index (χ1) is 14.1. The normalized spacial score (nSPS) is 15.8. The van der Waals surface area contributed by atoms with Gasteiger partial charge in [-0.25, -0.2) is 0 Å². The summed E-state index contributed by atoms with van der Waals surface area (Å²) in [6.07, 6.45) is 3.24. The average molecular weight is 404 g/mol. The van der Waals surface area contributed by atoms with E-state index < -0.39 is 6.23 Å². The molecule has 1 amide bonds. The first kappa shape index (κ1) is 19.1. The Balaban J connectivity index is 1.90. The fourth-order valence-electron chi connectivity index (χ4n) is 3.32. The van der Waals surface area contributed by atoms with E-state index in [1.54, 1.807) is 4.90 Å². The van der Waals surface area contributed by atoms with Gasteiger partial charge in [-0.2, -0.15) is 4.98 Å². The van der Waals surface area contributed by atoms with Crippen LogP contribution < -0.4 is 9.64 Å². The van der Waals surface area contributed by atoms with Crippen molar-refractivity contribution in [1.82, 2.24) is 15.2 Å². The van der Waals surface area contributed by atoms with E-state index in [4.69, 9.17) is 4.74 Å². The van der Waals surface area contributed by atoms with Gasteiger partial charge in [0.1, 0.15) is 0 Å². The van der Waals surface area contributed by atoms with Crippen molar-refractivity contribution in [3.63, 3.8) is 0 Å². The van der Waals surface area contributed by atoms with Crippen molar-refractivity contribution in [2.75, 3.05) is 11.2 Å². The number of hydrogen-bond donors (Lipinski definition) is 0. The number of fused-ring (bicyclic) bond motifs is 3. The number of benzene rings is 2. The van der Waals surface area contributed by atoms with E-state index in [1.165, 1.54) is 18.7 Å². The molecular weight excluding hydrogens is 384 g/mol. The van der Waals surface area contributed by atoms with Crippen molar-refractivity contribution < 1.29 is 9.53 Å². The van der Waals surface area contributed by atoms with Gasteiger partial charge in [0.05, 0.1) is 5.69 Å². The van der Waals surface area contributed by atoms with Crippen molar-refractivity contribution in [2.45, 2.75) is 25.2 Å². The van der Waals surface area contributed by atoms with Gasteiger partial charge in [-0.1, -0.05) is 66.4 Å². The van der Waals surface area contributed by atoms with E-state index >= 15 is 0 Å². The van der Waals surface area contributed by atoms with E-state index in [1.807, 2.05) is 73.9 Å². The van der Waals surface area contributed by atoms with Crippen LogP contribution in [0.4, 0.5) is 5.69 Å². The highest BCUT2D eigenvalue weighted by Gasteiger charge is 2.34. The second-order valence-corrected chi connectivity index (χ2v) is 7.40. The van der Waals surface area contributed by atoms with E-state index in [0.29, 0.717) is 16.7 Å². The smallest absolute Gasteiger partial charge is 0.247 e. The maximum atomic E-state index is 12.7. The zero-order valence-corrected chi connectivity index (χ0v) is 17.2. The third-order valence-corrected chi connectivity index (χ3v) is 5.16. The number of carbonyl (C=O) groups is 1. The lowest BCUT2D eigenvalue weighted by Gasteiger charge is -2.30. The molecule has 0 saturated heterocycles. The Hall–Kier alpha value is -3.19. The molecule has 1 unspecified atom stereocenters. The number of amides is 1. The first-order valence-electron chi connectivity index (χ1n) is 9.16. The highest BCUT2D eigenvalue weighted by Crippen LogP contribution is 2.40. The number of ether oxygens (including phenoxy) is 1. The number of anilines is 1. The fourth-order valence-corrected chi connectivity index (χ4v) is 3.62. The summed E-state index contributed by atoms with van der Waals surface area (Å²) in [5, 5.41) is 9.02. The molecule has 0 bridgehead atoms. The summed E-state index contributed by atoms with van der Waals surface area (Å²) < 4.78 is 6.30. The minimum absolute atomic E-state index is 0.130. The number of hydrogen-bond acceptors (Lipinski definition) is 6. The standard InChI is InChI=1S/C22H20N4O2S/c1-14(13-16-9-5-4-6-10-16)21-26(15(2)27)18-12-8-7-11-17(18)19-20(28-21)23-22(29-3)25-24-19/h4-13,21H,1-3H3. The Morgan fingerprint density at radius 1 is 1.07 bits per heavy atom. The Morgan fingerprint density at radius 3 is 2.52 bits per heavy atom. The summed E-state index contributed by atoms with van der Waals surface area (Å²) in [5.74, 6) is 0.237. The highest BCUT2D eigenvalue weighted by molar-refractivity contribution is 7.98. The molecule has 0 aliphatic carbocycles. The molecule has 1 atom stereocenters. The Bertz CT molecular complexity index is 1090. The van der Waals surface area contributed by atoms with Crippen molar-refractivity contribution in [2.24, 2.45) is 0 Å². The van der Waals surface area contributed by atoms with Gasteiger partial charge in [0.2, 0.25) is 23.2 Å². The summed E-state index contributed by atoms with van der Waals surface area (Å²) in [5.41, 5.74) is 3.91. The number of rotatable bonds is 3. The van der Waals surface area contributed by atoms with Gasteiger partial charge in [0.15, 0.2) is 5.69 Å². The topological polar surface area (TPSA) is 68.2 Å². The molecule has 2 heterocycles. The number of carbonyl (C=O) groups excluding carboxylic acids is 1. The minimum Gasteiger partial charge on any atom is -0.447 e. The number of para-hydroxylation sites is 1. The molecule has 2 aromatic carbocycles. The molecule has 146 valence electrons. The van der Waals surface area contributed by atoms with Crippen LogP contribution in [0.25, 0.3) is 17.3 Å². The Kier molecular flexibility index (Phi) is 5.31. The number of aromatic nitrogens is 3. The largest absolute Gasteiger partial charge is 0.447 e. The highest BCUT2D eigenvalue weighted by atomic mass is 32.2. The second-order valence-electron chi connectivity index (χ2n) is 6.63. The van der Waals surface area contributed by atoms with Crippen LogP contribution in [0.1, 0.15) is 19.4 Å². The summed E-state index contributed by atoms with van der Waals surface area (Å²) in [7, 11) is 0. The molecule has 6 nitrogen and oxygen atoms in total. The van der Waals surface area contributed by atoms with E-state index in [0.717, 1.165) is 22.4 Å². The monoisotopic (exact) mass is 404 g/mol. The van der Waals surface area contributed by atoms with E-state index in [-0.39, 0.29) is 5.91 Å². The van der Waals surface area contributed by atoms with Crippen LogP contribution in [0, 0.1) is 0 Å². The van der Waals surface area contributed by atoms with Gasteiger partial charge in [0, 0.05) is 12.5 Å². The molecule has 7 heteroatoms. The van der Waals surface area contributed by atoms with Crippen molar-refractivity contribution in [1.29, 1.82) is 0 Å². The zero-order chi connectivity index (χ0) is 20.4. The van der Waals surface area contributed by atoms with Crippen LogP contribution in [0.2, 0.25) is 0 Å². The quantitative estimate of drug-likeness (QED) is 0.602. The van der Waals surface area contributed by atoms with Gasteiger partial charge < -0.3 is 4.74 Å². The molecule has 3 aromatic rings. The van der Waals surface area contributed by atoms with Gasteiger partial charge >= 0.3 is 0 Å². The van der Waals surface area contributed by atoms with Gasteiger partial charge in [0.25, 0.3) is 0 Å². The number of nitrogens with zero attached hydrogens (tertiary/aromatic N) is 4. The average Bonchev–Trinajstić information content (AvgIpc) is 2.88. The molecule has 1 aromatic heterocycles. The molecular formula is C22H20N4O2S. The predicted octanol–water partition coefficient (Wildman–Crippen LogP) is 4.44. The Labute approximate surface area is 173 Å². The third kappa shape index (κ3) is 3.73. The molecule has 0 fully saturated rings. The van der Waals surface area contributed by atoms with E-state index in [2.05, 4.69) is 15.2 Å². The lowest BCUT2D eigenvalue weighted by atomic mass is 10.1. The number of thioether (sulfide) groups is 1. The van der Waals surface area contributed by atoms with Crippen LogP contribution >= 0.6 is 11.8 Å². The maximum absolute atomic E-state index is 12.7. The lowest BCUT2D eigenvalue weighted by Crippen LogP contribution is -2.43. The Morgan fingerprint density at radius 2 is 1.79 bits per heavy atom. The molecule has 0 N–H and O–H groups in total. The summed E-state index contributed by atoms with van der Waals surface area (Å²) >= 11 is 1.39. The second kappa shape index (κ2) is 8.05. The molecule has 1 aliphatic heterocycles. The van der Waals surface area contributed by atoms with Gasteiger partial charge in [-0.3, -0.25) is 9.69 Å². The van der Waals surface area contributed by atoms with Crippen molar-refractivity contribution in [3.8, 4) is 17.1 Å². The maximum Gasteiger partial charge on any atom is 0.247 e. The lowest BCUT2D eigenvalue weighted by molar-refractivity contribution is -0.117. The minimum atomic E-state index is -0.651. The summed E-state index contributed by atoms with van der Waals surface area (Å²) in [6, 6.07) is 17.5. The summed E-state index contributed by atoms with van der Waals surface area (Å²) in [4.78, 5) is 18.9. The van der Waals surface area contributed by atoms with Crippen molar-refractivity contribution in [3.05, 3.63) is 65.7 Å². The van der Waals surface area contributed by atoms with Crippen LogP contribution in [0.15, 0.2) is 65.3 Å².